The van der Waals surface area contributed by atoms with Crippen LogP contribution in [0.5, 0.6) is 0 Å². The Bertz CT molecular complexity index is 551. The number of aliphatic carboxylic acids is 1. The first-order valence-corrected chi connectivity index (χ1v) is 8.73. The molecule has 0 bridgehead atoms. The van der Waals surface area contributed by atoms with Crippen molar-refractivity contribution in [2.24, 2.45) is 17.3 Å². The van der Waals surface area contributed by atoms with E-state index in [1.54, 1.807) is 6.26 Å². The van der Waals surface area contributed by atoms with Crippen LogP contribution in [0.3, 0.4) is 0 Å². The molecule has 0 aromatic carbocycles. The van der Waals surface area contributed by atoms with Crippen LogP contribution >= 0.6 is 0 Å². The summed E-state index contributed by atoms with van der Waals surface area (Å²) in [5.41, 5.74) is 4.26. The van der Waals surface area contributed by atoms with E-state index in [9.17, 15) is 4.79 Å². The molecule has 1 aromatic rings. The SMILES string of the molecule is CC(C)=C1CC[C@@H](C)[C@](C)(CCc2ccoc2)C1CCC(=O)O. The number of allylic oxidation sites excluding steroid dienone is 2. The summed E-state index contributed by atoms with van der Waals surface area (Å²) < 4.78 is 5.19. The van der Waals surface area contributed by atoms with Gasteiger partial charge in [-0.1, -0.05) is 25.0 Å². The largest absolute Gasteiger partial charge is 0.481 e. The second-order valence-corrected chi connectivity index (χ2v) is 7.59. The fourth-order valence-corrected chi connectivity index (χ4v) is 4.26. The minimum atomic E-state index is -0.687. The van der Waals surface area contributed by atoms with E-state index in [1.165, 1.54) is 23.1 Å². The fraction of sp³-hybridized carbons (Fsp3) is 0.650. The molecule has 3 nitrogen and oxygen atoms in total. The van der Waals surface area contributed by atoms with Gasteiger partial charge in [0.05, 0.1) is 12.5 Å². The molecule has 0 amide bonds. The molecule has 0 spiro atoms. The predicted molar refractivity (Wildman–Crippen MR) is 92.3 cm³/mol. The van der Waals surface area contributed by atoms with Crippen LogP contribution in [0.15, 0.2) is 34.2 Å². The predicted octanol–water partition coefficient (Wildman–Crippen LogP) is 5.47. The van der Waals surface area contributed by atoms with Crippen LogP contribution in [0.1, 0.15) is 65.4 Å². The van der Waals surface area contributed by atoms with Crippen molar-refractivity contribution in [2.45, 2.75) is 66.2 Å². The van der Waals surface area contributed by atoms with Crippen LogP contribution in [0.25, 0.3) is 0 Å². The van der Waals surface area contributed by atoms with E-state index in [0.717, 1.165) is 25.7 Å². The van der Waals surface area contributed by atoms with E-state index in [2.05, 4.69) is 27.7 Å². The average molecular weight is 318 g/mol. The van der Waals surface area contributed by atoms with Gasteiger partial charge in [0.2, 0.25) is 0 Å². The average Bonchev–Trinajstić information content (AvgIpc) is 2.99. The van der Waals surface area contributed by atoms with E-state index in [4.69, 9.17) is 9.52 Å². The molecule has 0 radical (unpaired) electrons. The van der Waals surface area contributed by atoms with E-state index in [1.807, 2.05) is 12.3 Å². The zero-order valence-corrected chi connectivity index (χ0v) is 14.9. The van der Waals surface area contributed by atoms with Crippen molar-refractivity contribution in [3.05, 3.63) is 35.3 Å². The van der Waals surface area contributed by atoms with Crippen molar-refractivity contribution in [3.8, 4) is 0 Å². The normalized spacial score (nSPS) is 27.9. The van der Waals surface area contributed by atoms with Gasteiger partial charge in [-0.3, -0.25) is 4.79 Å². The first-order chi connectivity index (χ1) is 10.8. The third kappa shape index (κ3) is 4.07. The van der Waals surface area contributed by atoms with Gasteiger partial charge >= 0.3 is 5.97 Å². The third-order valence-electron chi connectivity index (χ3n) is 6.01. The van der Waals surface area contributed by atoms with E-state index >= 15 is 0 Å². The molecule has 1 heterocycles. The van der Waals surface area contributed by atoms with Crippen molar-refractivity contribution >= 4 is 5.97 Å². The number of rotatable bonds is 6. The lowest BCUT2D eigenvalue weighted by atomic mass is 9.56. The zero-order chi connectivity index (χ0) is 17.0. The van der Waals surface area contributed by atoms with Crippen molar-refractivity contribution in [1.82, 2.24) is 0 Å². The lowest BCUT2D eigenvalue weighted by Gasteiger charge is -2.49. The fourth-order valence-electron chi connectivity index (χ4n) is 4.26. The van der Waals surface area contributed by atoms with Crippen LogP contribution in [-0.4, -0.2) is 11.1 Å². The third-order valence-corrected chi connectivity index (χ3v) is 6.01. The van der Waals surface area contributed by atoms with Crippen molar-refractivity contribution in [1.29, 1.82) is 0 Å². The standard InChI is InChI=1S/C20H30O3/c1-14(2)17-6-5-15(3)20(4,18(17)7-8-19(21)22)11-9-16-10-12-23-13-16/h10,12-13,15,18H,5-9,11H2,1-4H3,(H,21,22)/t15-,18?,20+/m1/s1. The first-order valence-electron chi connectivity index (χ1n) is 8.73. The molecule has 0 aliphatic heterocycles. The quantitative estimate of drug-likeness (QED) is 0.708. The topological polar surface area (TPSA) is 50.4 Å². The van der Waals surface area contributed by atoms with Gasteiger partial charge in [0.15, 0.2) is 0 Å². The van der Waals surface area contributed by atoms with Gasteiger partial charge in [0.25, 0.3) is 0 Å². The Balaban J connectivity index is 2.24. The van der Waals surface area contributed by atoms with E-state index in [0.29, 0.717) is 11.8 Å². The monoisotopic (exact) mass is 318 g/mol. The Hall–Kier alpha value is -1.51. The maximum atomic E-state index is 11.1. The zero-order valence-electron chi connectivity index (χ0n) is 14.9. The molecule has 0 saturated heterocycles. The van der Waals surface area contributed by atoms with Crippen molar-refractivity contribution < 1.29 is 14.3 Å². The lowest BCUT2D eigenvalue weighted by molar-refractivity contribution is -0.137. The summed E-state index contributed by atoms with van der Waals surface area (Å²) in [5, 5.41) is 9.16. The van der Waals surface area contributed by atoms with Crippen LogP contribution in [0.4, 0.5) is 0 Å². The van der Waals surface area contributed by atoms with Crippen molar-refractivity contribution in [3.63, 3.8) is 0 Å². The Kier molecular flexibility index (Phi) is 5.72. The maximum absolute atomic E-state index is 11.1. The molecule has 128 valence electrons. The summed E-state index contributed by atoms with van der Waals surface area (Å²) in [4.78, 5) is 11.1. The highest BCUT2D eigenvalue weighted by atomic mass is 16.4. The molecular weight excluding hydrogens is 288 g/mol. The number of aryl methyl sites for hydroxylation is 1. The number of carbonyl (C=O) groups is 1. The molecule has 1 aliphatic carbocycles. The van der Waals surface area contributed by atoms with Gasteiger partial charge in [-0.25, -0.2) is 0 Å². The molecule has 2 rings (SSSR count). The number of carboxylic acids is 1. The summed E-state index contributed by atoms with van der Waals surface area (Å²) in [6.45, 7) is 9.06. The summed E-state index contributed by atoms with van der Waals surface area (Å²) >= 11 is 0. The van der Waals surface area contributed by atoms with Gasteiger partial charge in [0.1, 0.15) is 0 Å². The van der Waals surface area contributed by atoms with Crippen LogP contribution in [-0.2, 0) is 11.2 Å². The highest BCUT2D eigenvalue weighted by molar-refractivity contribution is 5.66. The highest BCUT2D eigenvalue weighted by Crippen LogP contribution is 2.53. The molecule has 3 heteroatoms. The summed E-state index contributed by atoms with van der Waals surface area (Å²) in [5.74, 6) is 0.295. The number of hydrogen-bond acceptors (Lipinski definition) is 2. The number of furan rings is 1. The molecule has 1 saturated carbocycles. The maximum Gasteiger partial charge on any atom is 0.303 e. The molecule has 1 unspecified atom stereocenters. The first kappa shape index (κ1) is 17.8. The summed E-state index contributed by atoms with van der Waals surface area (Å²) in [6.07, 6.45) is 8.96. The molecule has 1 N–H and O–H groups in total. The summed E-state index contributed by atoms with van der Waals surface area (Å²) in [6, 6.07) is 2.03. The Morgan fingerprint density at radius 3 is 2.74 bits per heavy atom. The van der Waals surface area contributed by atoms with Crippen molar-refractivity contribution in [2.75, 3.05) is 0 Å². The highest BCUT2D eigenvalue weighted by Gasteiger charge is 2.43. The number of carboxylic acid groups (broad SMARTS) is 1. The van der Waals surface area contributed by atoms with E-state index < -0.39 is 5.97 Å². The van der Waals surface area contributed by atoms with Crippen LogP contribution < -0.4 is 0 Å². The van der Waals surface area contributed by atoms with Gasteiger partial charge < -0.3 is 9.52 Å². The molecule has 1 fully saturated rings. The molecule has 1 aromatic heterocycles. The van der Waals surface area contributed by atoms with Gasteiger partial charge in [-0.05, 0) is 74.8 Å². The number of hydrogen-bond donors (Lipinski definition) is 1. The molecule has 3 atom stereocenters. The van der Waals surface area contributed by atoms with Gasteiger partial charge in [-0.2, -0.15) is 0 Å². The summed E-state index contributed by atoms with van der Waals surface area (Å²) in [7, 11) is 0. The van der Waals surface area contributed by atoms with Gasteiger partial charge in [-0.15, -0.1) is 0 Å². The molecule has 1 aliphatic rings. The second-order valence-electron chi connectivity index (χ2n) is 7.59. The van der Waals surface area contributed by atoms with Gasteiger partial charge in [0, 0.05) is 6.42 Å². The molecule has 23 heavy (non-hydrogen) atoms. The molecular formula is C20H30O3. The van der Waals surface area contributed by atoms with Crippen LogP contribution in [0.2, 0.25) is 0 Å². The van der Waals surface area contributed by atoms with E-state index in [-0.39, 0.29) is 11.8 Å². The Labute approximate surface area is 139 Å². The second kappa shape index (κ2) is 7.37. The minimum absolute atomic E-state index is 0.150. The Morgan fingerprint density at radius 1 is 1.43 bits per heavy atom. The lowest BCUT2D eigenvalue weighted by Crippen LogP contribution is -2.40. The van der Waals surface area contributed by atoms with Crippen LogP contribution in [0, 0.1) is 17.3 Å². The smallest absolute Gasteiger partial charge is 0.303 e. The minimum Gasteiger partial charge on any atom is -0.481 e. The Morgan fingerprint density at radius 2 is 2.17 bits per heavy atom.